The van der Waals surface area contributed by atoms with Gasteiger partial charge in [-0.15, -0.1) is 0 Å². The van der Waals surface area contributed by atoms with Gasteiger partial charge in [0, 0.05) is 40.5 Å². The van der Waals surface area contributed by atoms with Crippen LogP contribution in [0.4, 0.5) is 15.9 Å². The van der Waals surface area contributed by atoms with Crippen LogP contribution in [0.15, 0.2) is 42.5 Å². The van der Waals surface area contributed by atoms with E-state index in [0.29, 0.717) is 11.4 Å². The third kappa shape index (κ3) is 2.52. The molecule has 1 aliphatic heterocycles. The van der Waals surface area contributed by atoms with Gasteiger partial charge in [0.15, 0.2) is 17.4 Å². The van der Waals surface area contributed by atoms with Crippen molar-refractivity contribution in [2.24, 2.45) is 0 Å². The summed E-state index contributed by atoms with van der Waals surface area (Å²) < 4.78 is 19.2. The maximum absolute atomic E-state index is 14.2. The SMILES string of the molecule is COc1ccc(-c2nc(C)c3c(n2)N(c2cccc(O)c2)CC32CC2)cc1F. The largest absolute Gasteiger partial charge is 0.508 e. The van der Waals surface area contributed by atoms with E-state index in [-0.39, 0.29) is 16.9 Å². The molecule has 0 atom stereocenters. The van der Waals surface area contributed by atoms with Gasteiger partial charge in [-0.25, -0.2) is 14.4 Å². The summed E-state index contributed by atoms with van der Waals surface area (Å²) in [5.41, 5.74) is 3.70. The van der Waals surface area contributed by atoms with Gasteiger partial charge in [0.1, 0.15) is 11.6 Å². The van der Waals surface area contributed by atoms with Crippen molar-refractivity contribution >= 4 is 11.5 Å². The summed E-state index contributed by atoms with van der Waals surface area (Å²) in [4.78, 5) is 11.7. The first-order chi connectivity index (χ1) is 13.5. The van der Waals surface area contributed by atoms with E-state index in [0.717, 1.165) is 36.6 Å². The molecule has 5 rings (SSSR count). The Kier molecular flexibility index (Phi) is 3.59. The van der Waals surface area contributed by atoms with Gasteiger partial charge in [0.05, 0.1) is 7.11 Å². The Hall–Kier alpha value is -3.15. The number of aromatic nitrogens is 2. The average Bonchev–Trinajstić information content (AvgIpc) is 3.37. The Morgan fingerprint density at radius 1 is 1.14 bits per heavy atom. The number of hydrogen-bond donors (Lipinski definition) is 1. The van der Waals surface area contributed by atoms with Crippen molar-refractivity contribution in [3.8, 4) is 22.9 Å². The second kappa shape index (κ2) is 5.92. The van der Waals surface area contributed by atoms with Crippen LogP contribution in [0, 0.1) is 12.7 Å². The summed E-state index contributed by atoms with van der Waals surface area (Å²) >= 11 is 0. The van der Waals surface area contributed by atoms with Crippen LogP contribution >= 0.6 is 0 Å². The van der Waals surface area contributed by atoms with Gasteiger partial charge in [-0.1, -0.05) is 6.07 Å². The van der Waals surface area contributed by atoms with E-state index in [2.05, 4.69) is 4.90 Å². The number of rotatable bonds is 3. The molecule has 142 valence electrons. The van der Waals surface area contributed by atoms with Crippen LogP contribution in [0.3, 0.4) is 0 Å². The Morgan fingerprint density at radius 2 is 1.96 bits per heavy atom. The van der Waals surface area contributed by atoms with E-state index >= 15 is 0 Å². The van der Waals surface area contributed by atoms with Gasteiger partial charge in [0.2, 0.25) is 0 Å². The molecule has 0 saturated heterocycles. The Bertz CT molecular complexity index is 1100. The lowest BCUT2D eigenvalue weighted by Crippen LogP contribution is -2.19. The number of halogens is 1. The lowest BCUT2D eigenvalue weighted by molar-refractivity contribution is 0.386. The van der Waals surface area contributed by atoms with Gasteiger partial charge in [-0.3, -0.25) is 0 Å². The highest BCUT2D eigenvalue weighted by atomic mass is 19.1. The molecule has 1 aromatic heterocycles. The minimum atomic E-state index is -0.440. The second-order valence-electron chi connectivity index (χ2n) is 7.57. The zero-order valence-electron chi connectivity index (χ0n) is 15.7. The van der Waals surface area contributed by atoms with Crippen molar-refractivity contribution in [3.63, 3.8) is 0 Å². The van der Waals surface area contributed by atoms with Gasteiger partial charge < -0.3 is 14.7 Å². The molecule has 2 aliphatic rings. The third-order valence-electron chi connectivity index (χ3n) is 5.72. The Morgan fingerprint density at radius 3 is 2.64 bits per heavy atom. The van der Waals surface area contributed by atoms with Crippen molar-refractivity contribution in [3.05, 3.63) is 59.5 Å². The molecule has 2 aromatic carbocycles. The molecular weight excluding hydrogens is 357 g/mol. The summed E-state index contributed by atoms with van der Waals surface area (Å²) in [5, 5.41) is 9.92. The summed E-state index contributed by atoms with van der Waals surface area (Å²) in [6, 6.07) is 12.0. The Balaban J connectivity index is 1.65. The normalized spacial score (nSPS) is 16.3. The van der Waals surface area contributed by atoms with Crippen LogP contribution < -0.4 is 9.64 Å². The van der Waals surface area contributed by atoms with E-state index < -0.39 is 5.82 Å². The number of benzene rings is 2. The van der Waals surface area contributed by atoms with Crippen LogP contribution in [0.1, 0.15) is 24.1 Å². The zero-order valence-corrected chi connectivity index (χ0v) is 15.7. The number of phenolic OH excluding ortho intramolecular Hbond substituents is 1. The van der Waals surface area contributed by atoms with E-state index in [1.807, 2.05) is 19.1 Å². The monoisotopic (exact) mass is 377 g/mol. The zero-order chi connectivity index (χ0) is 19.5. The minimum absolute atomic E-state index is 0.0918. The number of nitrogens with zero attached hydrogens (tertiary/aromatic N) is 3. The highest BCUT2D eigenvalue weighted by Crippen LogP contribution is 2.58. The first-order valence-electron chi connectivity index (χ1n) is 9.30. The summed E-state index contributed by atoms with van der Waals surface area (Å²) in [7, 11) is 1.44. The lowest BCUT2D eigenvalue weighted by Gasteiger charge is -2.19. The van der Waals surface area contributed by atoms with Crippen LogP contribution in [0.2, 0.25) is 0 Å². The summed E-state index contributed by atoms with van der Waals surface area (Å²) in [6.07, 6.45) is 2.21. The minimum Gasteiger partial charge on any atom is -0.508 e. The number of aromatic hydroxyl groups is 1. The fourth-order valence-electron chi connectivity index (χ4n) is 4.20. The van der Waals surface area contributed by atoms with Gasteiger partial charge in [-0.2, -0.15) is 0 Å². The number of fused-ring (bicyclic) bond motifs is 2. The lowest BCUT2D eigenvalue weighted by atomic mass is 9.98. The highest BCUT2D eigenvalue weighted by molar-refractivity contribution is 5.74. The predicted molar refractivity (Wildman–Crippen MR) is 105 cm³/mol. The molecule has 6 heteroatoms. The first kappa shape index (κ1) is 17.0. The number of methoxy groups -OCH3 is 1. The van der Waals surface area contributed by atoms with Gasteiger partial charge >= 0.3 is 0 Å². The predicted octanol–water partition coefficient (Wildman–Crippen LogP) is 4.49. The number of phenols is 1. The van der Waals surface area contributed by atoms with Crippen LogP contribution in [-0.4, -0.2) is 28.7 Å². The Labute approximate surface area is 162 Å². The fourth-order valence-corrected chi connectivity index (χ4v) is 4.20. The molecule has 1 saturated carbocycles. The molecule has 1 aliphatic carbocycles. The van der Waals surface area contributed by atoms with Crippen LogP contribution in [0.25, 0.3) is 11.4 Å². The molecule has 5 nitrogen and oxygen atoms in total. The van der Waals surface area contributed by atoms with E-state index in [1.54, 1.807) is 24.3 Å². The van der Waals surface area contributed by atoms with Crippen LogP contribution in [-0.2, 0) is 5.41 Å². The van der Waals surface area contributed by atoms with Crippen molar-refractivity contribution < 1.29 is 14.2 Å². The highest BCUT2D eigenvalue weighted by Gasteiger charge is 2.54. The second-order valence-corrected chi connectivity index (χ2v) is 7.57. The molecular formula is C22H20FN3O2. The number of anilines is 2. The molecule has 28 heavy (non-hydrogen) atoms. The van der Waals surface area contributed by atoms with Crippen molar-refractivity contribution in [2.75, 3.05) is 18.6 Å². The summed E-state index contributed by atoms with van der Waals surface area (Å²) in [5.74, 6) is 1.31. The smallest absolute Gasteiger partial charge is 0.165 e. The molecule has 2 heterocycles. The number of ether oxygens (including phenoxy) is 1. The average molecular weight is 377 g/mol. The first-order valence-corrected chi connectivity index (χ1v) is 9.30. The molecule has 3 aromatic rings. The molecule has 1 spiro atoms. The van der Waals surface area contributed by atoms with E-state index in [1.165, 1.54) is 18.7 Å². The van der Waals surface area contributed by atoms with Crippen molar-refractivity contribution in [2.45, 2.75) is 25.2 Å². The van der Waals surface area contributed by atoms with Crippen LogP contribution in [0.5, 0.6) is 11.5 Å². The van der Waals surface area contributed by atoms with Crippen molar-refractivity contribution in [1.29, 1.82) is 0 Å². The number of aryl methyl sites for hydroxylation is 1. The summed E-state index contributed by atoms with van der Waals surface area (Å²) in [6.45, 7) is 2.82. The molecule has 0 unspecified atom stereocenters. The van der Waals surface area contributed by atoms with Gasteiger partial charge in [0.25, 0.3) is 0 Å². The molecule has 0 bridgehead atoms. The standard InChI is InChI=1S/C22H20FN3O2/c1-13-19-21(25-20(24-13)14-6-7-18(28-2)17(23)10-14)26(12-22(19)8-9-22)15-4-3-5-16(27)11-15/h3-7,10-11,27H,8-9,12H2,1-2H3. The maximum atomic E-state index is 14.2. The van der Waals surface area contributed by atoms with Gasteiger partial charge in [-0.05, 0) is 50.1 Å². The maximum Gasteiger partial charge on any atom is 0.165 e. The molecule has 0 radical (unpaired) electrons. The van der Waals surface area contributed by atoms with Crippen molar-refractivity contribution in [1.82, 2.24) is 9.97 Å². The molecule has 1 fully saturated rings. The fraction of sp³-hybridized carbons (Fsp3) is 0.273. The van der Waals surface area contributed by atoms with E-state index in [4.69, 9.17) is 14.7 Å². The third-order valence-corrected chi connectivity index (χ3v) is 5.72. The molecule has 1 N–H and O–H groups in total. The topological polar surface area (TPSA) is 58.5 Å². The van der Waals surface area contributed by atoms with E-state index in [9.17, 15) is 9.50 Å². The number of hydrogen-bond acceptors (Lipinski definition) is 5. The quantitative estimate of drug-likeness (QED) is 0.729. The molecule has 0 amide bonds.